The minimum Gasteiger partial charge on any atom is -0.497 e. The number of anilines is 1. The zero-order valence-electron chi connectivity index (χ0n) is 14.4. The lowest BCUT2D eigenvalue weighted by molar-refractivity contribution is -0.115. The lowest BCUT2D eigenvalue weighted by Gasteiger charge is -2.12. The van der Waals surface area contributed by atoms with Crippen LogP contribution in [0.25, 0.3) is 0 Å². The molecule has 4 nitrogen and oxygen atoms in total. The molecule has 0 fully saturated rings. The summed E-state index contributed by atoms with van der Waals surface area (Å²) in [6.07, 6.45) is 6.50. The highest BCUT2D eigenvalue weighted by atomic mass is 16.5. The molecule has 1 aromatic rings. The second-order valence-electron chi connectivity index (χ2n) is 5.88. The van der Waals surface area contributed by atoms with Gasteiger partial charge in [0.2, 0.25) is 0 Å². The van der Waals surface area contributed by atoms with E-state index >= 15 is 0 Å². The van der Waals surface area contributed by atoms with E-state index in [1.54, 1.807) is 13.3 Å². The van der Waals surface area contributed by atoms with Crippen LogP contribution in [0.3, 0.4) is 0 Å². The van der Waals surface area contributed by atoms with E-state index in [2.05, 4.69) is 18.3 Å². The van der Waals surface area contributed by atoms with Crippen LogP contribution in [0.1, 0.15) is 45.4 Å². The number of unbranched alkanes of at least 4 members (excludes halogenated alkanes) is 1. The first-order valence-electron chi connectivity index (χ1n) is 8.46. The summed E-state index contributed by atoms with van der Waals surface area (Å²) < 4.78 is 5.15. The third-order valence-corrected chi connectivity index (χ3v) is 4.21. The van der Waals surface area contributed by atoms with Gasteiger partial charge in [0.15, 0.2) is 5.78 Å². The number of rotatable bonds is 6. The highest BCUT2D eigenvalue weighted by molar-refractivity contribution is 6.00. The highest BCUT2D eigenvalue weighted by Gasteiger charge is 2.21. The van der Waals surface area contributed by atoms with Crippen molar-refractivity contribution in [2.75, 3.05) is 12.4 Å². The maximum Gasteiger partial charge on any atom is 0.164 e. The minimum absolute atomic E-state index is 0.118. The molecule has 0 saturated carbocycles. The summed E-state index contributed by atoms with van der Waals surface area (Å²) in [5.74, 6) is 0.904. The molecule has 24 heavy (non-hydrogen) atoms. The van der Waals surface area contributed by atoms with E-state index in [0.29, 0.717) is 18.4 Å². The Hall–Kier alpha value is -2.54. The number of allylic oxidation sites excluding steroid dienone is 3. The molecule has 0 amide bonds. The number of benzene rings is 1. The number of Topliss-reactive ketones (excluding diaryl/α,β-unsaturated/α-hetero) is 1. The van der Waals surface area contributed by atoms with Crippen molar-refractivity contribution in [3.05, 3.63) is 47.2 Å². The van der Waals surface area contributed by atoms with Gasteiger partial charge in [-0.2, -0.15) is 5.26 Å². The molecule has 0 aromatic heterocycles. The molecule has 0 spiro atoms. The number of hydrogen-bond donors (Lipinski definition) is 1. The fraction of sp³-hybridized carbons (Fsp3) is 0.400. The van der Waals surface area contributed by atoms with Gasteiger partial charge in [-0.05, 0) is 55.5 Å². The van der Waals surface area contributed by atoms with Crippen molar-refractivity contribution in [1.82, 2.24) is 0 Å². The fourth-order valence-electron chi connectivity index (χ4n) is 2.81. The molecule has 0 bridgehead atoms. The van der Waals surface area contributed by atoms with Crippen LogP contribution in [-0.4, -0.2) is 12.9 Å². The van der Waals surface area contributed by atoms with Crippen molar-refractivity contribution in [3.63, 3.8) is 0 Å². The number of nitrogens with zero attached hydrogens (tertiary/aromatic N) is 1. The minimum atomic E-state index is 0.118. The number of ketones is 1. The van der Waals surface area contributed by atoms with Gasteiger partial charge in [-0.3, -0.25) is 4.79 Å². The maximum absolute atomic E-state index is 12.5. The average Bonchev–Trinajstić information content (AvgIpc) is 2.76. The first-order chi connectivity index (χ1) is 11.7. The monoisotopic (exact) mass is 324 g/mol. The Morgan fingerprint density at radius 1 is 1.29 bits per heavy atom. The van der Waals surface area contributed by atoms with Gasteiger partial charge in [0, 0.05) is 29.5 Å². The van der Waals surface area contributed by atoms with Gasteiger partial charge in [0.05, 0.1) is 13.2 Å². The molecule has 126 valence electrons. The third kappa shape index (κ3) is 4.48. The van der Waals surface area contributed by atoms with E-state index in [0.717, 1.165) is 48.3 Å². The van der Waals surface area contributed by atoms with Gasteiger partial charge in [0.25, 0.3) is 0 Å². The van der Waals surface area contributed by atoms with Crippen molar-refractivity contribution in [3.8, 4) is 11.8 Å². The highest BCUT2D eigenvalue weighted by Crippen LogP contribution is 2.30. The zero-order chi connectivity index (χ0) is 17.4. The normalized spacial score (nSPS) is 16.7. The summed E-state index contributed by atoms with van der Waals surface area (Å²) in [6.45, 7) is 2.12. The first kappa shape index (κ1) is 17.8. The number of nitriles is 1. The summed E-state index contributed by atoms with van der Waals surface area (Å²) in [5.41, 5.74) is 3.22. The van der Waals surface area contributed by atoms with Crippen LogP contribution in [0, 0.1) is 11.3 Å². The van der Waals surface area contributed by atoms with E-state index < -0.39 is 0 Å². The standard InChI is InChI=1S/C20H24N2O2/c1-3-4-7-18-15(13-21)6-5-8-20(23)19(18)14-22-16-9-11-17(24-2)12-10-16/h9-12,14,22H,3-8H2,1-2H3/b19-14-. The largest absolute Gasteiger partial charge is 0.497 e. The number of carbonyl (C=O) groups excluding carboxylic acids is 1. The summed E-state index contributed by atoms with van der Waals surface area (Å²) in [4.78, 5) is 12.5. The fourth-order valence-corrected chi connectivity index (χ4v) is 2.81. The number of methoxy groups -OCH3 is 1. The van der Waals surface area contributed by atoms with Crippen molar-refractivity contribution < 1.29 is 9.53 Å². The molecule has 1 aliphatic carbocycles. The van der Waals surface area contributed by atoms with Crippen molar-refractivity contribution in [1.29, 1.82) is 5.26 Å². The summed E-state index contributed by atoms with van der Waals surface area (Å²) in [7, 11) is 1.63. The SMILES string of the molecule is CCCCC1=C(C#N)CCCC(=O)/C1=C\Nc1ccc(OC)cc1. The molecule has 0 heterocycles. The predicted octanol–water partition coefficient (Wildman–Crippen LogP) is 4.75. The van der Waals surface area contributed by atoms with Gasteiger partial charge in [-0.15, -0.1) is 0 Å². The average molecular weight is 324 g/mol. The predicted molar refractivity (Wildman–Crippen MR) is 95.7 cm³/mol. The van der Waals surface area contributed by atoms with E-state index in [4.69, 9.17) is 4.74 Å². The third-order valence-electron chi connectivity index (χ3n) is 4.21. The topological polar surface area (TPSA) is 62.1 Å². The van der Waals surface area contributed by atoms with Gasteiger partial charge in [-0.25, -0.2) is 0 Å². The van der Waals surface area contributed by atoms with Crippen LogP contribution >= 0.6 is 0 Å². The number of ether oxygens (including phenoxy) is 1. The van der Waals surface area contributed by atoms with E-state index in [1.807, 2.05) is 24.3 Å². The molecule has 1 aromatic carbocycles. The molecule has 0 saturated heterocycles. The summed E-state index contributed by atoms with van der Waals surface area (Å²) in [5, 5.41) is 12.6. The van der Waals surface area contributed by atoms with E-state index in [9.17, 15) is 10.1 Å². The molecule has 0 atom stereocenters. The molecule has 0 unspecified atom stereocenters. The number of nitrogens with one attached hydrogen (secondary N) is 1. The quantitative estimate of drug-likeness (QED) is 0.767. The van der Waals surface area contributed by atoms with Crippen molar-refractivity contribution in [2.24, 2.45) is 0 Å². The molecule has 1 aliphatic rings. The van der Waals surface area contributed by atoms with Crippen LogP contribution in [-0.2, 0) is 4.79 Å². The lowest BCUT2D eigenvalue weighted by atomic mass is 9.94. The molecular weight excluding hydrogens is 300 g/mol. The van der Waals surface area contributed by atoms with Crippen LogP contribution in [0.15, 0.2) is 47.2 Å². The van der Waals surface area contributed by atoms with Crippen molar-refractivity contribution in [2.45, 2.75) is 45.4 Å². The molecule has 1 N–H and O–H groups in total. The Kier molecular flexibility index (Phi) is 6.62. The molecular formula is C20H24N2O2. The van der Waals surface area contributed by atoms with Gasteiger partial charge in [0.1, 0.15) is 5.75 Å². The Balaban J connectivity index is 2.29. The Morgan fingerprint density at radius 3 is 2.67 bits per heavy atom. The second kappa shape index (κ2) is 8.93. The van der Waals surface area contributed by atoms with E-state index in [-0.39, 0.29) is 5.78 Å². The molecule has 4 heteroatoms. The maximum atomic E-state index is 12.5. The van der Waals surface area contributed by atoms with Crippen LogP contribution < -0.4 is 10.1 Å². The smallest absolute Gasteiger partial charge is 0.164 e. The van der Waals surface area contributed by atoms with Crippen LogP contribution in [0.5, 0.6) is 5.75 Å². The zero-order valence-corrected chi connectivity index (χ0v) is 14.4. The first-order valence-corrected chi connectivity index (χ1v) is 8.46. The Morgan fingerprint density at radius 2 is 2.04 bits per heavy atom. The van der Waals surface area contributed by atoms with Crippen molar-refractivity contribution >= 4 is 11.5 Å². The van der Waals surface area contributed by atoms with E-state index in [1.165, 1.54) is 0 Å². The molecule has 0 aliphatic heterocycles. The lowest BCUT2D eigenvalue weighted by Crippen LogP contribution is -2.07. The number of carbonyl (C=O) groups is 1. The Bertz CT molecular complexity index is 679. The summed E-state index contributed by atoms with van der Waals surface area (Å²) in [6, 6.07) is 9.84. The number of hydrogen-bond acceptors (Lipinski definition) is 4. The second-order valence-corrected chi connectivity index (χ2v) is 5.88. The molecule has 2 rings (SSSR count). The van der Waals surface area contributed by atoms with Crippen LogP contribution in [0.2, 0.25) is 0 Å². The van der Waals surface area contributed by atoms with Gasteiger partial charge >= 0.3 is 0 Å². The Labute approximate surface area is 143 Å². The molecule has 0 radical (unpaired) electrons. The van der Waals surface area contributed by atoms with Gasteiger partial charge in [-0.1, -0.05) is 13.3 Å². The van der Waals surface area contributed by atoms with Crippen LogP contribution in [0.4, 0.5) is 5.69 Å². The van der Waals surface area contributed by atoms with Gasteiger partial charge < -0.3 is 10.1 Å². The summed E-state index contributed by atoms with van der Waals surface area (Å²) >= 11 is 0.